The van der Waals surface area contributed by atoms with Crippen LogP contribution in [0.25, 0.3) is 0 Å². The van der Waals surface area contributed by atoms with Crippen molar-refractivity contribution in [1.29, 1.82) is 0 Å². The number of aliphatic hydroxyl groups excluding tert-OH is 1. The molecule has 2 rings (SSSR count). The molecule has 1 unspecified atom stereocenters. The molecule has 0 saturated carbocycles. The highest BCUT2D eigenvalue weighted by molar-refractivity contribution is 5.69. The van der Waals surface area contributed by atoms with Gasteiger partial charge in [0.2, 0.25) is 0 Å². The molecule has 0 spiro atoms. The molecule has 110 valence electrons. The number of hydrogen-bond donors (Lipinski definition) is 1. The third-order valence-corrected chi connectivity index (χ3v) is 3.45. The van der Waals surface area contributed by atoms with Crippen LogP contribution in [-0.2, 0) is 17.7 Å². The number of ether oxygens (including phenoxy) is 1. The molecule has 1 aromatic rings. The van der Waals surface area contributed by atoms with E-state index in [0.717, 1.165) is 12.0 Å². The van der Waals surface area contributed by atoms with Gasteiger partial charge in [-0.2, -0.15) is 0 Å². The zero-order valence-electron chi connectivity index (χ0n) is 12.4. The van der Waals surface area contributed by atoms with Crippen LogP contribution in [0.2, 0.25) is 0 Å². The molecule has 0 radical (unpaired) electrons. The zero-order valence-corrected chi connectivity index (χ0v) is 12.4. The van der Waals surface area contributed by atoms with Gasteiger partial charge in [0, 0.05) is 19.2 Å². The minimum atomic E-state index is -0.502. The van der Waals surface area contributed by atoms with Gasteiger partial charge in [0.15, 0.2) is 0 Å². The number of carbonyl (C=O) groups is 1. The molecule has 1 aliphatic rings. The van der Waals surface area contributed by atoms with Crippen molar-refractivity contribution in [3.05, 3.63) is 35.4 Å². The summed E-state index contributed by atoms with van der Waals surface area (Å²) in [5.41, 5.74) is 1.91. The van der Waals surface area contributed by atoms with E-state index in [2.05, 4.69) is 6.07 Å². The summed E-state index contributed by atoms with van der Waals surface area (Å²) < 4.78 is 5.47. The van der Waals surface area contributed by atoms with Crippen LogP contribution in [0.3, 0.4) is 0 Å². The van der Waals surface area contributed by atoms with Gasteiger partial charge in [0.1, 0.15) is 5.60 Å². The van der Waals surface area contributed by atoms with E-state index in [0.29, 0.717) is 13.0 Å². The molecule has 1 aliphatic heterocycles. The predicted molar refractivity (Wildman–Crippen MR) is 77.4 cm³/mol. The van der Waals surface area contributed by atoms with E-state index in [1.807, 2.05) is 39.0 Å². The molecule has 0 saturated heterocycles. The molecule has 0 aromatic heterocycles. The van der Waals surface area contributed by atoms with Gasteiger partial charge in [-0.25, -0.2) is 4.79 Å². The van der Waals surface area contributed by atoms with Crippen LogP contribution >= 0.6 is 0 Å². The Balaban J connectivity index is 2.19. The Morgan fingerprint density at radius 3 is 2.60 bits per heavy atom. The first-order valence-corrected chi connectivity index (χ1v) is 7.08. The van der Waals surface area contributed by atoms with Gasteiger partial charge in [0.05, 0.1) is 0 Å². The fourth-order valence-corrected chi connectivity index (χ4v) is 2.53. The Hall–Kier alpha value is -1.55. The van der Waals surface area contributed by atoms with Gasteiger partial charge in [-0.1, -0.05) is 24.3 Å². The van der Waals surface area contributed by atoms with E-state index in [1.165, 1.54) is 5.56 Å². The Bertz CT molecular complexity index is 479. The number of hydrogen-bond acceptors (Lipinski definition) is 3. The molecule has 1 N–H and O–H groups in total. The predicted octanol–water partition coefficient (Wildman–Crippen LogP) is 2.73. The lowest BCUT2D eigenvalue weighted by atomic mass is 9.93. The second-order valence-corrected chi connectivity index (χ2v) is 6.25. The number of nitrogens with zero attached hydrogens (tertiary/aromatic N) is 1. The summed E-state index contributed by atoms with van der Waals surface area (Å²) in [5, 5.41) is 9.22. The summed E-state index contributed by atoms with van der Waals surface area (Å²) in [6.45, 7) is 6.22. The van der Waals surface area contributed by atoms with Crippen molar-refractivity contribution < 1.29 is 14.6 Å². The minimum Gasteiger partial charge on any atom is -0.444 e. The second-order valence-electron chi connectivity index (χ2n) is 6.25. The highest BCUT2D eigenvalue weighted by Gasteiger charge is 2.32. The van der Waals surface area contributed by atoms with Crippen LogP contribution < -0.4 is 0 Å². The molecular weight excluding hydrogens is 254 g/mol. The van der Waals surface area contributed by atoms with E-state index in [9.17, 15) is 9.90 Å². The summed E-state index contributed by atoms with van der Waals surface area (Å²) in [7, 11) is 0. The van der Waals surface area contributed by atoms with E-state index >= 15 is 0 Å². The van der Waals surface area contributed by atoms with Crippen LogP contribution in [0.15, 0.2) is 24.3 Å². The lowest BCUT2D eigenvalue weighted by Gasteiger charge is -2.37. The maximum atomic E-state index is 12.3. The molecular formula is C16H23NO3. The van der Waals surface area contributed by atoms with Crippen molar-refractivity contribution in [2.24, 2.45) is 0 Å². The Morgan fingerprint density at radius 1 is 1.35 bits per heavy atom. The molecule has 1 atom stereocenters. The van der Waals surface area contributed by atoms with Crippen LogP contribution in [0.1, 0.15) is 38.3 Å². The summed E-state index contributed by atoms with van der Waals surface area (Å²) >= 11 is 0. The smallest absolute Gasteiger partial charge is 0.410 e. The molecule has 20 heavy (non-hydrogen) atoms. The number of aliphatic hydroxyl groups is 1. The molecule has 1 amide bonds. The van der Waals surface area contributed by atoms with E-state index in [1.54, 1.807) is 4.90 Å². The Morgan fingerprint density at radius 2 is 2.00 bits per heavy atom. The average Bonchev–Trinajstić information content (AvgIpc) is 2.36. The maximum Gasteiger partial charge on any atom is 0.410 e. The molecule has 1 aromatic carbocycles. The number of carbonyl (C=O) groups excluding carboxylic acids is 1. The van der Waals surface area contributed by atoms with Crippen LogP contribution in [-0.4, -0.2) is 34.3 Å². The lowest BCUT2D eigenvalue weighted by Crippen LogP contribution is -2.46. The average molecular weight is 277 g/mol. The van der Waals surface area contributed by atoms with Crippen molar-refractivity contribution in [3.63, 3.8) is 0 Å². The van der Waals surface area contributed by atoms with Crippen LogP contribution in [0, 0.1) is 0 Å². The van der Waals surface area contributed by atoms with E-state index in [-0.39, 0.29) is 18.7 Å². The van der Waals surface area contributed by atoms with Crippen LogP contribution in [0.4, 0.5) is 4.79 Å². The highest BCUT2D eigenvalue weighted by Crippen LogP contribution is 2.26. The zero-order chi connectivity index (χ0) is 14.8. The topological polar surface area (TPSA) is 49.8 Å². The van der Waals surface area contributed by atoms with Gasteiger partial charge in [-0.3, -0.25) is 0 Å². The summed E-state index contributed by atoms with van der Waals surface area (Å²) in [6, 6.07) is 8.13. The molecule has 0 aliphatic carbocycles. The first-order chi connectivity index (χ1) is 9.40. The largest absolute Gasteiger partial charge is 0.444 e. The standard InChI is InChI=1S/C16H23NO3/c1-16(2,3)20-15(19)17-11-13-7-5-4-6-12(13)10-14(17)8-9-18/h4-7,14,18H,8-11H2,1-3H3. The summed E-state index contributed by atoms with van der Waals surface area (Å²) in [5.74, 6) is 0. The molecule has 4 nitrogen and oxygen atoms in total. The third kappa shape index (κ3) is 3.51. The SMILES string of the molecule is CC(C)(C)OC(=O)N1Cc2ccccc2CC1CCO. The quantitative estimate of drug-likeness (QED) is 0.904. The maximum absolute atomic E-state index is 12.3. The van der Waals surface area contributed by atoms with E-state index < -0.39 is 5.60 Å². The van der Waals surface area contributed by atoms with Gasteiger partial charge in [-0.15, -0.1) is 0 Å². The number of fused-ring (bicyclic) bond motifs is 1. The fraction of sp³-hybridized carbons (Fsp3) is 0.562. The summed E-state index contributed by atoms with van der Waals surface area (Å²) in [6.07, 6.45) is 1.05. The molecule has 0 bridgehead atoms. The molecule has 4 heteroatoms. The van der Waals surface area contributed by atoms with Crippen molar-refractivity contribution in [1.82, 2.24) is 4.90 Å². The monoisotopic (exact) mass is 277 g/mol. The Kier molecular flexibility index (Phi) is 4.33. The first-order valence-electron chi connectivity index (χ1n) is 7.08. The van der Waals surface area contributed by atoms with Crippen molar-refractivity contribution in [2.45, 2.75) is 51.8 Å². The van der Waals surface area contributed by atoms with Gasteiger partial charge in [0.25, 0.3) is 0 Å². The normalized spacial score (nSPS) is 18.6. The highest BCUT2D eigenvalue weighted by atomic mass is 16.6. The third-order valence-electron chi connectivity index (χ3n) is 3.45. The summed E-state index contributed by atoms with van der Waals surface area (Å²) in [4.78, 5) is 14.1. The number of amides is 1. The minimum absolute atomic E-state index is 0.00440. The first kappa shape index (κ1) is 14.9. The fourth-order valence-electron chi connectivity index (χ4n) is 2.53. The van der Waals surface area contributed by atoms with Crippen molar-refractivity contribution in [2.75, 3.05) is 6.61 Å². The van der Waals surface area contributed by atoms with Crippen molar-refractivity contribution >= 4 is 6.09 Å². The van der Waals surface area contributed by atoms with Gasteiger partial charge < -0.3 is 14.7 Å². The Labute approximate surface area is 120 Å². The van der Waals surface area contributed by atoms with Gasteiger partial charge >= 0.3 is 6.09 Å². The molecule has 0 fully saturated rings. The van der Waals surface area contributed by atoms with E-state index in [4.69, 9.17) is 4.74 Å². The number of rotatable bonds is 2. The number of benzene rings is 1. The van der Waals surface area contributed by atoms with Gasteiger partial charge in [-0.05, 0) is 44.7 Å². The van der Waals surface area contributed by atoms with Crippen molar-refractivity contribution in [3.8, 4) is 0 Å². The van der Waals surface area contributed by atoms with Crippen LogP contribution in [0.5, 0.6) is 0 Å². The lowest BCUT2D eigenvalue weighted by molar-refractivity contribution is 0.00935. The second kappa shape index (κ2) is 5.83. The molecule has 1 heterocycles.